The zero-order chi connectivity index (χ0) is 20.5. The van der Waals surface area contributed by atoms with Crippen molar-refractivity contribution in [1.82, 2.24) is 15.1 Å². The molecule has 0 radical (unpaired) electrons. The summed E-state index contributed by atoms with van der Waals surface area (Å²) in [4.78, 5) is 29.8. The van der Waals surface area contributed by atoms with E-state index in [4.69, 9.17) is 9.47 Å². The average Bonchev–Trinajstić information content (AvgIpc) is 2.98. The molecule has 2 atom stereocenters. The molecule has 2 aliphatic rings. The largest absolute Gasteiger partial charge is 0.488 e. The van der Waals surface area contributed by atoms with Gasteiger partial charge < -0.3 is 19.7 Å². The molecule has 29 heavy (non-hydrogen) atoms. The third-order valence-electron chi connectivity index (χ3n) is 5.59. The van der Waals surface area contributed by atoms with Crippen LogP contribution in [0.4, 0.5) is 0 Å². The van der Waals surface area contributed by atoms with Crippen LogP contribution in [-0.2, 0) is 14.3 Å². The van der Waals surface area contributed by atoms with Crippen molar-refractivity contribution < 1.29 is 19.1 Å². The SMILES string of the molecule is COCCNC(=O)[C@@H]1C[C@H](Oc2ccccc2)CN1C(=O)CN1CCCCCC1. The van der Waals surface area contributed by atoms with Gasteiger partial charge in [0.2, 0.25) is 11.8 Å². The number of nitrogens with one attached hydrogen (secondary N) is 1. The van der Waals surface area contributed by atoms with Crippen LogP contribution < -0.4 is 10.1 Å². The quantitative estimate of drug-likeness (QED) is 0.669. The van der Waals surface area contributed by atoms with Crippen LogP contribution in [0.2, 0.25) is 0 Å². The first kappa shape index (κ1) is 21.6. The van der Waals surface area contributed by atoms with E-state index in [0.29, 0.717) is 32.7 Å². The summed E-state index contributed by atoms with van der Waals surface area (Å²) in [6.45, 7) is 3.60. The fourth-order valence-corrected chi connectivity index (χ4v) is 4.07. The minimum Gasteiger partial charge on any atom is -0.488 e. The molecule has 2 amide bonds. The lowest BCUT2D eigenvalue weighted by atomic mass is 10.2. The highest BCUT2D eigenvalue weighted by atomic mass is 16.5. The van der Waals surface area contributed by atoms with Crippen LogP contribution in [0.15, 0.2) is 30.3 Å². The Hall–Kier alpha value is -2.12. The highest BCUT2D eigenvalue weighted by Crippen LogP contribution is 2.24. The number of likely N-dealkylation sites (tertiary alicyclic amines) is 2. The molecular formula is C22H33N3O4. The zero-order valence-corrected chi connectivity index (χ0v) is 17.3. The van der Waals surface area contributed by atoms with E-state index in [0.717, 1.165) is 31.7 Å². The monoisotopic (exact) mass is 403 g/mol. The topological polar surface area (TPSA) is 71.1 Å². The van der Waals surface area contributed by atoms with Gasteiger partial charge in [-0.1, -0.05) is 31.0 Å². The first-order valence-corrected chi connectivity index (χ1v) is 10.7. The predicted octanol–water partition coefficient (Wildman–Crippen LogP) is 1.67. The number of hydrogen-bond acceptors (Lipinski definition) is 5. The van der Waals surface area contributed by atoms with Crippen molar-refractivity contribution >= 4 is 11.8 Å². The van der Waals surface area contributed by atoms with Crippen LogP contribution >= 0.6 is 0 Å². The molecule has 0 bridgehead atoms. The highest BCUT2D eigenvalue weighted by Gasteiger charge is 2.40. The van der Waals surface area contributed by atoms with Crippen molar-refractivity contribution in [2.75, 3.05) is 46.4 Å². The molecule has 2 aliphatic heterocycles. The second-order valence-electron chi connectivity index (χ2n) is 7.82. The molecule has 1 N–H and O–H groups in total. The van der Waals surface area contributed by atoms with E-state index in [-0.39, 0.29) is 17.9 Å². The Morgan fingerprint density at radius 2 is 1.83 bits per heavy atom. The molecule has 7 heteroatoms. The molecule has 1 aromatic carbocycles. The molecule has 0 aromatic heterocycles. The normalized spacial score (nSPS) is 22.9. The standard InChI is InChI=1S/C22H33N3O4/c1-28-14-11-23-22(27)20-15-19(29-18-9-5-4-6-10-18)16-25(20)21(26)17-24-12-7-2-3-8-13-24/h4-6,9-10,19-20H,2-3,7-8,11-17H2,1H3,(H,23,27)/t19-,20-/m0/s1. The lowest BCUT2D eigenvalue weighted by Gasteiger charge is -2.27. The van der Waals surface area contributed by atoms with Crippen LogP contribution in [0, 0.1) is 0 Å². The molecule has 0 unspecified atom stereocenters. The highest BCUT2D eigenvalue weighted by molar-refractivity contribution is 5.89. The first-order valence-electron chi connectivity index (χ1n) is 10.7. The number of nitrogens with zero attached hydrogens (tertiary/aromatic N) is 2. The van der Waals surface area contributed by atoms with E-state index in [1.807, 2.05) is 30.3 Å². The Bertz CT molecular complexity index is 647. The van der Waals surface area contributed by atoms with E-state index in [1.54, 1.807) is 12.0 Å². The molecule has 160 valence electrons. The van der Waals surface area contributed by atoms with Gasteiger partial charge in [-0.2, -0.15) is 0 Å². The number of carbonyl (C=O) groups excluding carboxylic acids is 2. The Morgan fingerprint density at radius 1 is 1.10 bits per heavy atom. The summed E-state index contributed by atoms with van der Waals surface area (Å²) in [7, 11) is 1.60. The Morgan fingerprint density at radius 3 is 2.52 bits per heavy atom. The van der Waals surface area contributed by atoms with E-state index in [2.05, 4.69) is 10.2 Å². The lowest BCUT2D eigenvalue weighted by molar-refractivity contribution is -0.139. The molecule has 2 heterocycles. The van der Waals surface area contributed by atoms with Gasteiger partial charge in [-0.3, -0.25) is 14.5 Å². The summed E-state index contributed by atoms with van der Waals surface area (Å²) >= 11 is 0. The van der Waals surface area contributed by atoms with Gasteiger partial charge in [0.25, 0.3) is 0 Å². The Labute approximate surface area is 173 Å². The van der Waals surface area contributed by atoms with Crippen LogP contribution in [-0.4, -0.2) is 80.2 Å². The maximum absolute atomic E-state index is 13.1. The number of carbonyl (C=O) groups is 2. The van der Waals surface area contributed by atoms with E-state index in [9.17, 15) is 9.59 Å². The number of benzene rings is 1. The molecule has 0 aliphatic carbocycles. The number of ether oxygens (including phenoxy) is 2. The van der Waals surface area contributed by atoms with E-state index in [1.165, 1.54) is 12.8 Å². The fourth-order valence-electron chi connectivity index (χ4n) is 4.07. The second kappa shape index (κ2) is 11.2. The molecule has 3 rings (SSSR count). The second-order valence-corrected chi connectivity index (χ2v) is 7.82. The van der Waals surface area contributed by atoms with Gasteiger partial charge in [-0.15, -0.1) is 0 Å². The maximum Gasteiger partial charge on any atom is 0.243 e. The molecule has 7 nitrogen and oxygen atoms in total. The summed E-state index contributed by atoms with van der Waals surface area (Å²) < 4.78 is 11.1. The van der Waals surface area contributed by atoms with Crippen molar-refractivity contribution in [3.05, 3.63) is 30.3 Å². The minimum atomic E-state index is -0.500. The lowest BCUT2D eigenvalue weighted by Crippen LogP contribution is -2.49. The van der Waals surface area contributed by atoms with E-state index >= 15 is 0 Å². The zero-order valence-electron chi connectivity index (χ0n) is 17.3. The predicted molar refractivity (Wildman–Crippen MR) is 111 cm³/mol. The van der Waals surface area contributed by atoms with Crippen LogP contribution in [0.25, 0.3) is 0 Å². The van der Waals surface area contributed by atoms with Gasteiger partial charge in [-0.25, -0.2) is 0 Å². The summed E-state index contributed by atoms with van der Waals surface area (Å²) in [6, 6.07) is 9.07. The third kappa shape index (κ3) is 6.44. The van der Waals surface area contributed by atoms with Gasteiger partial charge in [0, 0.05) is 20.1 Å². The fraction of sp³-hybridized carbons (Fsp3) is 0.636. The van der Waals surface area contributed by atoms with Crippen LogP contribution in [0.1, 0.15) is 32.1 Å². The van der Waals surface area contributed by atoms with Crippen molar-refractivity contribution in [3.8, 4) is 5.75 Å². The number of methoxy groups -OCH3 is 1. The van der Waals surface area contributed by atoms with Crippen molar-refractivity contribution in [1.29, 1.82) is 0 Å². The maximum atomic E-state index is 13.1. The third-order valence-corrected chi connectivity index (χ3v) is 5.59. The molecule has 0 saturated carbocycles. The molecule has 2 saturated heterocycles. The summed E-state index contributed by atoms with van der Waals surface area (Å²) in [6.07, 6.45) is 5.03. The first-order chi connectivity index (χ1) is 14.2. The molecule has 0 spiro atoms. The van der Waals surface area contributed by atoms with Gasteiger partial charge in [0.1, 0.15) is 17.9 Å². The average molecular weight is 404 g/mol. The van der Waals surface area contributed by atoms with Crippen LogP contribution in [0.5, 0.6) is 5.75 Å². The Kier molecular flexibility index (Phi) is 8.31. The summed E-state index contributed by atoms with van der Waals surface area (Å²) in [5.74, 6) is 0.640. The number of amides is 2. The van der Waals surface area contributed by atoms with Gasteiger partial charge in [0.15, 0.2) is 0 Å². The summed E-state index contributed by atoms with van der Waals surface area (Å²) in [5, 5.41) is 2.88. The number of para-hydroxylation sites is 1. The van der Waals surface area contributed by atoms with Crippen molar-refractivity contribution in [2.45, 2.75) is 44.2 Å². The minimum absolute atomic E-state index is 0.0120. The molecule has 1 aromatic rings. The molecule has 2 fully saturated rings. The summed E-state index contributed by atoms with van der Waals surface area (Å²) in [5.41, 5.74) is 0. The number of rotatable bonds is 8. The molecular weight excluding hydrogens is 370 g/mol. The smallest absolute Gasteiger partial charge is 0.243 e. The van der Waals surface area contributed by atoms with Crippen LogP contribution in [0.3, 0.4) is 0 Å². The van der Waals surface area contributed by atoms with Crippen molar-refractivity contribution in [3.63, 3.8) is 0 Å². The van der Waals surface area contributed by atoms with Gasteiger partial charge >= 0.3 is 0 Å². The van der Waals surface area contributed by atoms with Gasteiger partial charge in [-0.05, 0) is 38.1 Å². The van der Waals surface area contributed by atoms with Crippen molar-refractivity contribution in [2.24, 2.45) is 0 Å². The van der Waals surface area contributed by atoms with E-state index < -0.39 is 6.04 Å². The number of hydrogen-bond donors (Lipinski definition) is 1. The van der Waals surface area contributed by atoms with Gasteiger partial charge in [0.05, 0.1) is 19.7 Å². The Balaban J connectivity index is 1.64.